The lowest BCUT2D eigenvalue weighted by Gasteiger charge is -2.08. The number of aromatic amines is 1. The van der Waals surface area contributed by atoms with Gasteiger partial charge in [0.15, 0.2) is 5.82 Å². The number of hydrogen-bond donors (Lipinski definition) is 1. The molecule has 1 N–H and O–H groups in total. The molecule has 0 fully saturated rings. The minimum atomic E-state index is -0.729. The average Bonchev–Trinajstić information content (AvgIpc) is 3.05. The Morgan fingerprint density at radius 1 is 1.31 bits per heavy atom. The fourth-order valence-electron chi connectivity index (χ4n) is 2.52. The zero-order valence-corrected chi connectivity index (χ0v) is 16.5. The molecule has 1 aromatic heterocycles. The third kappa shape index (κ3) is 4.85. The molecule has 0 aliphatic rings. The fourth-order valence-corrected chi connectivity index (χ4v) is 2.71. The first kappa shape index (κ1) is 20.2. The SMILES string of the molecule is CC(C)c1ccc(OCc2n[nH]c(=S)n2/N=C\c2ccc([O-])c([N+](=O)[O-])c2)cc1. The lowest BCUT2D eigenvalue weighted by Crippen LogP contribution is -2.04. The summed E-state index contributed by atoms with van der Waals surface area (Å²) in [6.07, 6.45) is 1.36. The van der Waals surface area contributed by atoms with Gasteiger partial charge in [-0.1, -0.05) is 38.1 Å². The summed E-state index contributed by atoms with van der Waals surface area (Å²) in [4.78, 5) is 10.2. The molecular formula is C19H18N5O4S-. The van der Waals surface area contributed by atoms with Crippen molar-refractivity contribution in [3.05, 3.63) is 74.3 Å². The Kier molecular flexibility index (Phi) is 6.03. The van der Waals surface area contributed by atoms with Crippen molar-refractivity contribution >= 4 is 24.1 Å². The van der Waals surface area contributed by atoms with Gasteiger partial charge in [-0.15, -0.1) is 0 Å². The molecule has 2 aromatic carbocycles. The van der Waals surface area contributed by atoms with E-state index in [2.05, 4.69) is 29.1 Å². The smallest absolute Gasteiger partial charge is 0.262 e. The van der Waals surface area contributed by atoms with E-state index in [4.69, 9.17) is 17.0 Å². The van der Waals surface area contributed by atoms with Crippen molar-refractivity contribution in [2.45, 2.75) is 26.4 Å². The predicted octanol–water partition coefficient (Wildman–Crippen LogP) is 3.51. The van der Waals surface area contributed by atoms with Crippen LogP contribution in [0.1, 0.15) is 36.7 Å². The molecule has 0 bridgehead atoms. The van der Waals surface area contributed by atoms with Crippen molar-refractivity contribution < 1.29 is 14.8 Å². The van der Waals surface area contributed by atoms with Crippen molar-refractivity contribution in [2.75, 3.05) is 0 Å². The molecule has 150 valence electrons. The van der Waals surface area contributed by atoms with Gasteiger partial charge in [0.25, 0.3) is 5.69 Å². The predicted molar refractivity (Wildman–Crippen MR) is 108 cm³/mol. The standard InChI is InChI=1S/C19H19N5O4S/c1-12(2)14-4-6-15(7-5-14)28-11-18-21-22-19(29)23(18)20-10-13-3-8-17(25)16(9-13)24(26)27/h3-10,12,25H,11H2,1-2H3,(H,22,29)/p-1/b20-10-. The van der Waals surface area contributed by atoms with E-state index in [0.29, 0.717) is 23.1 Å². The Labute approximate surface area is 171 Å². The van der Waals surface area contributed by atoms with Crippen molar-refractivity contribution in [1.29, 1.82) is 0 Å². The molecule has 3 aromatic rings. The van der Waals surface area contributed by atoms with Crippen LogP contribution in [-0.4, -0.2) is 26.0 Å². The Hall–Kier alpha value is -3.53. The second kappa shape index (κ2) is 8.65. The number of nitro groups is 1. The molecule has 0 saturated heterocycles. The zero-order chi connectivity index (χ0) is 21.0. The maximum atomic E-state index is 11.5. The van der Waals surface area contributed by atoms with Crippen LogP contribution in [0.3, 0.4) is 0 Å². The molecule has 0 atom stereocenters. The van der Waals surface area contributed by atoms with Crippen LogP contribution < -0.4 is 9.84 Å². The van der Waals surface area contributed by atoms with Crippen LogP contribution in [0, 0.1) is 14.9 Å². The molecule has 0 saturated carbocycles. The molecule has 3 rings (SSSR count). The summed E-state index contributed by atoms with van der Waals surface area (Å²) in [7, 11) is 0. The molecule has 0 aliphatic heterocycles. The van der Waals surface area contributed by atoms with Crippen LogP contribution in [-0.2, 0) is 6.61 Å². The molecule has 0 spiro atoms. The Bertz CT molecular complexity index is 1100. The second-order valence-corrected chi connectivity index (χ2v) is 6.88. The van der Waals surface area contributed by atoms with Crippen LogP contribution in [0.15, 0.2) is 47.6 Å². The van der Waals surface area contributed by atoms with Crippen molar-refractivity contribution in [3.8, 4) is 11.5 Å². The van der Waals surface area contributed by atoms with Gasteiger partial charge < -0.3 is 9.84 Å². The van der Waals surface area contributed by atoms with Crippen LogP contribution in [0.4, 0.5) is 5.69 Å². The van der Waals surface area contributed by atoms with Crippen molar-refractivity contribution in [3.63, 3.8) is 0 Å². The molecule has 0 radical (unpaired) electrons. The number of H-pyrrole nitrogens is 1. The van der Waals surface area contributed by atoms with Crippen LogP contribution in [0.25, 0.3) is 0 Å². The quantitative estimate of drug-likeness (QED) is 0.274. The molecule has 0 amide bonds. The van der Waals surface area contributed by atoms with E-state index in [1.807, 2.05) is 24.3 Å². The minimum Gasteiger partial charge on any atom is -0.868 e. The normalized spacial score (nSPS) is 11.3. The van der Waals surface area contributed by atoms with E-state index in [1.165, 1.54) is 22.5 Å². The van der Waals surface area contributed by atoms with Gasteiger partial charge >= 0.3 is 0 Å². The highest BCUT2D eigenvalue weighted by atomic mass is 32.1. The van der Waals surface area contributed by atoms with E-state index in [9.17, 15) is 15.2 Å². The number of nitro benzene ring substituents is 1. The Morgan fingerprint density at radius 2 is 2.03 bits per heavy atom. The molecule has 1 heterocycles. The van der Waals surface area contributed by atoms with E-state index < -0.39 is 16.4 Å². The molecular weight excluding hydrogens is 394 g/mol. The van der Waals surface area contributed by atoms with Crippen LogP contribution in [0.5, 0.6) is 11.5 Å². The number of nitrogens with one attached hydrogen (secondary N) is 1. The molecule has 9 nitrogen and oxygen atoms in total. The number of ether oxygens (including phenoxy) is 1. The number of nitrogens with zero attached hydrogens (tertiary/aromatic N) is 4. The summed E-state index contributed by atoms with van der Waals surface area (Å²) < 4.78 is 7.34. The average molecular weight is 412 g/mol. The lowest BCUT2D eigenvalue weighted by molar-refractivity contribution is -0.398. The monoisotopic (exact) mass is 412 g/mol. The van der Waals surface area contributed by atoms with Gasteiger partial charge in [-0.05, 0) is 41.6 Å². The van der Waals surface area contributed by atoms with Crippen molar-refractivity contribution in [1.82, 2.24) is 14.9 Å². The molecule has 29 heavy (non-hydrogen) atoms. The van der Waals surface area contributed by atoms with Gasteiger partial charge in [0.1, 0.15) is 12.4 Å². The van der Waals surface area contributed by atoms with E-state index >= 15 is 0 Å². The number of rotatable bonds is 7. The van der Waals surface area contributed by atoms with E-state index in [-0.39, 0.29) is 11.4 Å². The topological polar surface area (TPSA) is 121 Å². The van der Waals surface area contributed by atoms with E-state index in [1.54, 1.807) is 0 Å². The Morgan fingerprint density at radius 3 is 2.69 bits per heavy atom. The van der Waals surface area contributed by atoms with Crippen LogP contribution in [0.2, 0.25) is 0 Å². The summed E-state index contributed by atoms with van der Waals surface area (Å²) in [5, 5.41) is 33.3. The van der Waals surface area contributed by atoms with Gasteiger partial charge in [-0.25, -0.2) is 5.10 Å². The highest BCUT2D eigenvalue weighted by Gasteiger charge is 2.09. The maximum Gasteiger partial charge on any atom is 0.262 e. The minimum absolute atomic E-state index is 0.116. The molecule has 10 heteroatoms. The summed E-state index contributed by atoms with van der Waals surface area (Å²) in [6.45, 7) is 4.35. The van der Waals surface area contributed by atoms with Crippen LogP contribution >= 0.6 is 12.2 Å². The summed E-state index contributed by atoms with van der Waals surface area (Å²) >= 11 is 5.17. The van der Waals surface area contributed by atoms with Gasteiger partial charge in [-0.3, -0.25) is 10.1 Å². The first-order valence-electron chi connectivity index (χ1n) is 8.74. The van der Waals surface area contributed by atoms with Gasteiger partial charge in [0.05, 0.1) is 11.1 Å². The largest absolute Gasteiger partial charge is 0.868 e. The number of aromatic nitrogens is 3. The van der Waals surface area contributed by atoms with Gasteiger partial charge in [-0.2, -0.15) is 14.9 Å². The highest BCUT2D eigenvalue weighted by Crippen LogP contribution is 2.23. The van der Waals surface area contributed by atoms with E-state index in [0.717, 1.165) is 12.1 Å². The Balaban J connectivity index is 1.76. The van der Waals surface area contributed by atoms with Crippen molar-refractivity contribution in [2.24, 2.45) is 5.10 Å². The lowest BCUT2D eigenvalue weighted by atomic mass is 10.0. The summed E-state index contributed by atoms with van der Waals surface area (Å²) in [5.74, 6) is 0.875. The molecule has 0 aliphatic carbocycles. The summed E-state index contributed by atoms with van der Waals surface area (Å²) in [6, 6.07) is 11.5. The summed E-state index contributed by atoms with van der Waals surface area (Å²) in [5.41, 5.74) is 1.08. The fraction of sp³-hybridized carbons (Fsp3) is 0.211. The third-order valence-electron chi connectivity index (χ3n) is 4.13. The zero-order valence-electron chi connectivity index (χ0n) is 15.7. The first-order valence-corrected chi connectivity index (χ1v) is 9.15. The highest BCUT2D eigenvalue weighted by molar-refractivity contribution is 7.71. The third-order valence-corrected chi connectivity index (χ3v) is 4.40. The number of benzene rings is 2. The van der Waals surface area contributed by atoms with Gasteiger partial charge in [0.2, 0.25) is 4.77 Å². The first-order chi connectivity index (χ1) is 13.8. The maximum absolute atomic E-state index is 11.5. The number of hydrogen-bond acceptors (Lipinski definition) is 7. The van der Waals surface area contributed by atoms with Gasteiger partial charge in [0, 0.05) is 11.6 Å². The second-order valence-electron chi connectivity index (χ2n) is 6.50. The molecule has 0 unspecified atom stereocenters.